The molecule has 6 nitrogen and oxygen atoms in total. The molecular formula is C31H38N6. The Labute approximate surface area is 221 Å². The van der Waals surface area contributed by atoms with Crippen LogP contribution in [0.3, 0.4) is 0 Å². The van der Waals surface area contributed by atoms with Gasteiger partial charge in [0, 0.05) is 62.0 Å². The van der Waals surface area contributed by atoms with Crippen molar-refractivity contribution in [3.63, 3.8) is 0 Å². The molecule has 3 atom stereocenters. The van der Waals surface area contributed by atoms with Crippen molar-refractivity contribution in [2.45, 2.75) is 25.8 Å². The summed E-state index contributed by atoms with van der Waals surface area (Å²) in [5.41, 5.74) is 5.81. The molecule has 2 aliphatic rings. The molecule has 6 heteroatoms. The molecule has 2 N–H and O–H groups in total. The monoisotopic (exact) mass is 494 g/mol. The lowest BCUT2D eigenvalue weighted by atomic mass is 9.97. The fourth-order valence-electron chi connectivity index (χ4n) is 5.29. The Balaban J connectivity index is 1.76. The minimum atomic E-state index is 0.377. The maximum Gasteiger partial charge on any atom is 0.161 e. The van der Waals surface area contributed by atoms with Crippen LogP contribution in [-0.4, -0.2) is 54.3 Å². The van der Waals surface area contributed by atoms with E-state index >= 15 is 0 Å². The van der Waals surface area contributed by atoms with E-state index in [-0.39, 0.29) is 0 Å². The summed E-state index contributed by atoms with van der Waals surface area (Å²) in [6, 6.07) is 8.63. The second-order valence-electron chi connectivity index (χ2n) is 9.92. The zero-order valence-corrected chi connectivity index (χ0v) is 22.2. The third kappa shape index (κ3) is 6.15. The van der Waals surface area contributed by atoms with Crippen LogP contribution in [0.5, 0.6) is 0 Å². The average molecular weight is 495 g/mol. The fraction of sp³-hybridized carbons (Fsp3) is 0.323. The standard InChI is InChI=1S/C31H38N6/c1-7-22(20-37(6)8-2)23-10-9-11-24(15-23)30-34-19-28(26(16-32-5)14-21(3)4)31(36-30)35-29-13-12-25-17-33-18-27(25)29/h7-11,14-16,19-20,25,27,29,33H,1-3,12-13,17-18H2,4-6H3,(H,34,35,36)/b22-20+,26-14+,32-16?. The first kappa shape index (κ1) is 26.3. The predicted octanol–water partition coefficient (Wildman–Crippen LogP) is 5.82. The van der Waals surface area contributed by atoms with Gasteiger partial charge in [0.25, 0.3) is 0 Å². The van der Waals surface area contributed by atoms with E-state index in [1.807, 2.05) is 61.8 Å². The van der Waals surface area contributed by atoms with Crippen LogP contribution in [0.4, 0.5) is 5.82 Å². The van der Waals surface area contributed by atoms with Gasteiger partial charge in [0.05, 0.1) is 0 Å². The smallest absolute Gasteiger partial charge is 0.161 e. The zero-order valence-electron chi connectivity index (χ0n) is 22.2. The number of benzene rings is 1. The fourth-order valence-corrected chi connectivity index (χ4v) is 5.29. The molecule has 1 saturated heterocycles. The second-order valence-corrected chi connectivity index (χ2v) is 9.92. The Hall–Kier alpha value is -3.77. The molecule has 1 aromatic carbocycles. The maximum atomic E-state index is 5.09. The van der Waals surface area contributed by atoms with Crippen LogP contribution in [0.2, 0.25) is 0 Å². The van der Waals surface area contributed by atoms with Gasteiger partial charge < -0.3 is 15.5 Å². The quantitative estimate of drug-likeness (QED) is 0.322. The maximum absolute atomic E-state index is 5.09. The number of fused-ring (bicyclic) bond motifs is 1. The topological polar surface area (TPSA) is 65.4 Å². The van der Waals surface area contributed by atoms with Crippen LogP contribution < -0.4 is 10.6 Å². The second kappa shape index (κ2) is 12.0. The molecule has 1 aromatic heterocycles. The van der Waals surface area contributed by atoms with Crippen molar-refractivity contribution in [2.24, 2.45) is 16.8 Å². The number of rotatable bonds is 10. The van der Waals surface area contributed by atoms with E-state index < -0.39 is 0 Å². The molecule has 37 heavy (non-hydrogen) atoms. The molecule has 0 spiro atoms. The highest BCUT2D eigenvalue weighted by atomic mass is 15.1. The summed E-state index contributed by atoms with van der Waals surface area (Å²) in [7, 11) is 3.73. The molecule has 1 saturated carbocycles. The first-order valence-electron chi connectivity index (χ1n) is 12.9. The van der Waals surface area contributed by atoms with Gasteiger partial charge in [-0.05, 0) is 61.5 Å². The molecule has 0 bridgehead atoms. The van der Waals surface area contributed by atoms with Crippen molar-refractivity contribution in [3.05, 3.63) is 91.5 Å². The third-order valence-corrected chi connectivity index (χ3v) is 7.15. The summed E-state index contributed by atoms with van der Waals surface area (Å²) in [5.74, 6) is 2.87. The lowest BCUT2D eigenvalue weighted by molar-refractivity contribution is 0.468. The predicted molar refractivity (Wildman–Crippen MR) is 157 cm³/mol. The number of aromatic nitrogens is 2. The number of nitrogens with one attached hydrogen (secondary N) is 2. The number of hydrogen-bond acceptors (Lipinski definition) is 6. The van der Waals surface area contributed by atoms with Gasteiger partial charge in [-0.3, -0.25) is 4.99 Å². The van der Waals surface area contributed by atoms with E-state index in [0.29, 0.717) is 17.8 Å². The molecule has 3 unspecified atom stereocenters. The van der Waals surface area contributed by atoms with Crippen LogP contribution in [0.15, 0.2) is 85.3 Å². The van der Waals surface area contributed by atoms with Gasteiger partial charge in [-0.2, -0.15) is 0 Å². The Morgan fingerprint density at radius 2 is 2.05 bits per heavy atom. The van der Waals surface area contributed by atoms with Crippen molar-refractivity contribution in [1.82, 2.24) is 20.2 Å². The molecule has 192 valence electrons. The summed E-state index contributed by atoms with van der Waals surface area (Å²) >= 11 is 0. The van der Waals surface area contributed by atoms with Crippen LogP contribution in [0, 0.1) is 11.8 Å². The zero-order chi connectivity index (χ0) is 26.4. The van der Waals surface area contributed by atoms with Crippen LogP contribution >= 0.6 is 0 Å². The van der Waals surface area contributed by atoms with Crippen LogP contribution in [-0.2, 0) is 0 Å². The highest BCUT2D eigenvalue weighted by Crippen LogP contribution is 2.37. The average Bonchev–Trinajstić information content (AvgIpc) is 3.52. The summed E-state index contributed by atoms with van der Waals surface area (Å²) < 4.78 is 0. The van der Waals surface area contributed by atoms with Crippen molar-refractivity contribution < 1.29 is 0 Å². The number of nitrogens with zero attached hydrogens (tertiary/aromatic N) is 4. The van der Waals surface area contributed by atoms with E-state index in [0.717, 1.165) is 64.7 Å². The van der Waals surface area contributed by atoms with E-state index in [9.17, 15) is 0 Å². The van der Waals surface area contributed by atoms with E-state index in [2.05, 4.69) is 47.5 Å². The molecule has 0 radical (unpaired) electrons. The minimum Gasteiger partial charge on any atom is -0.366 e. The number of hydrogen-bond donors (Lipinski definition) is 2. The molecule has 1 aliphatic heterocycles. The molecule has 2 heterocycles. The van der Waals surface area contributed by atoms with E-state index in [1.54, 1.807) is 13.2 Å². The Kier molecular flexibility index (Phi) is 8.51. The van der Waals surface area contributed by atoms with Crippen molar-refractivity contribution in [3.8, 4) is 11.4 Å². The largest absolute Gasteiger partial charge is 0.366 e. The molecule has 4 rings (SSSR count). The summed E-state index contributed by atoms with van der Waals surface area (Å²) in [6.07, 6.45) is 13.8. The highest BCUT2D eigenvalue weighted by Gasteiger charge is 2.39. The first-order chi connectivity index (χ1) is 17.9. The molecule has 1 aliphatic carbocycles. The summed E-state index contributed by atoms with van der Waals surface area (Å²) in [6.45, 7) is 16.0. The molecule has 0 amide bonds. The molecule has 2 fully saturated rings. The van der Waals surface area contributed by atoms with Gasteiger partial charge >= 0.3 is 0 Å². The number of allylic oxidation sites excluding steroid dienone is 5. The van der Waals surface area contributed by atoms with Gasteiger partial charge in [-0.25, -0.2) is 9.97 Å². The van der Waals surface area contributed by atoms with Crippen LogP contribution in [0.25, 0.3) is 22.5 Å². The van der Waals surface area contributed by atoms with Gasteiger partial charge in [-0.15, -0.1) is 0 Å². The van der Waals surface area contributed by atoms with Crippen molar-refractivity contribution in [2.75, 3.05) is 32.5 Å². The Morgan fingerprint density at radius 3 is 2.78 bits per heavy atom. The van der Waals surface area contributed by atoms with Gasteiger partial charge in [-0.1, -0.05) is 55.7 Å². The molecular weight excluding hydrogens is 456 g/mol. The van der Waals surface area contributed by atoms with E-state index in [4.69, 9.17) is 9.97 Å². The van der Waals surface area contributed by atoms with E-state index in [1.165, 1.54) is 6.42 Å². The lowest BCUT2D eigenvalue weighted by Crippen LogP contribution is -2.29. The van der Waals surface area contributed by atoms with Gasteiger partial charge in [0.2, 0.25) is 0 Å². The third-order valence-electron chi connectivity index (χ3n) is 7.15. The summed E-state index contributed by atoms with van der Waals surface area (Å²) in [4.78, 5) is 16.1. The minimum absolute atomic E-state index is 0.377. The first-order valence-corrected chi connectivity index (χ1v) is 12.9. The van der Waals surface area contributed by atoms with Gasteiger partial charge in [0.15, 0.2) is 5.82 Å². The van der Waals surface area contributed by atoms with Crippen molar-refractivity contribution >= 4 is 23.2 Å². The SMILES string of the molecule is C=C/C(=C\N(C)C=C)c1cccc(-c2ncc(/C(C=NC)=C/C(=C)C)c(NC3CCC4CNCC43)n2)c1. The highest BCUT2D eigenvalue weighted by molar-refractivity contribution is 6.12. The number of aliphatic imine (C=N–C) groups is 1. The van der Waals surface area contributed by atoms with Crippen molar-refractivity contribution in [1.29, 1.82) is 0 Å². The number of anilines is 1. The lowest BCUT2D eigenvalue weighted by Gasteiger charge is -2.22. The van der Waals surface area contributed by atoms with Crippen LogP contribution in [0.1, 0.15) is 30.9 Å². The normalized spacial score (nSPS) is 21.6. The van der Waals surface area contributed by atoms with Gasteiger partial charge in [0.1, 0.15) is 5.82 Å². The Bertz CT molecular complexity index is 1250. The Morgan fingerprint density at radius 1 is 1.22 bits per heavy atom. The molecule has 2 aromatic rings. The summed E-state index contributed by atoms with van der Waals surface area (Å²) in [5, 5.41) is 7.38.